The highest BCUT2D eigenvalue weighted by atomic mass is 79.9. The van der Waals surface area contributed by atoms with E-state index < -0.39 is 0 Å². The fourth-order valence-corrected chi connectivity index (χ4v) is 4.14. The largest absolute Gasteiger partial charge is 0.483 e. The van der Waals surface area contributed by atoms with Crippen LogP contribution in [0.25, 0.3) is 11.1 Å². The number of hydrogen-bond acceptors (Lipinski definition) is 3. The predicted molar refractivity (Wildman–Crippen MR) is 142 cm³/mol. The van der Waals surface area contributed by atoms with Crippen molar-refractivity contribution in [2.45, 2.75) is 13.0 Å². The summed E-state index contributed by atoms with van der Waals surface area (Å²) in [5.74, 6) is -0.0691. The molecule has 0 heterocycles. The average molecular weight is 529 g/mol. The van der Waals surface area contributed by atoms with Gasteiger partial charge in [0, 0.05) is 0 Å². The molecule has 2 amide bonds. The lowest BCUT2D eigenvalue weighted by Crippen LogP contribution is -2.28. The fourth-order valence-electron chi connectivity index (χ4n) is 3.65. The summed E-state index contributed by atoms with van der Waals surface area (Å²) < 4.78 is 6.48. The number of halogens is 1. The minimum absolute atomic E-state index is 0.174. The summed E-state index contributed by atoms with van der Waals surface area (Å²) in [7, 11) is 0. The molecule has 2 N–H and O–H groups in total. The number of para-hydroxylation sites is 1. The van der Waals surface area contributed by atoms with Crippen LogP contribution in [0.15, 0.2) is 108 Å². The fraction of sp³-hybridized carbons (Fsp3) is 0.103. The highest BCUT2D eigenvalue weighted by molar-refractivity contribution is 9.10. The van der Waals surface area contributed by atoms with Crippen LogP contribution in [0.5, 0.6) is 5.75 Å². The third-order valence-electron chi connectivity index (χ3n) is 5.49. The highest BCUT2D eigenvalue weighted by Crippen LogP contribution is 2.30. The number of nitrogens with one attached hydrogen (secondary N) is 2. The van der Waals surface area contributed by atoms with Gasteiger partial charge in [0.15, 0.2) is 6.61 Å². The molecule has 0 aliphatic heterocycles. The first-order chi connectivity index (χ1) is 17.0. The standard InChI is InChI=1S/C29H25BrN2O3/c1-20(21-10-4-2-5-11-21)31-29(34)24-14-8-9-15-26(24)32-28(33)19-35-27-17-16-23(18-25(27)30)22-12-6-3-7-13-22/h2-18,20H,19H2,1H3,(H,31,34)(H,32,33). The number of amides is 2. The molecule has 6 heteroatoms. The van der Waals surface area contributed by atoms with E-state index >= 15 is 0 Å². The van der Waals surface area contributed by atoms with Crippen LogP contribution in [0.4, 0.5) is 5.69 Å². The zero-order valence-corrected chi connectivity index (χ0v) is 20.8. The second-order valence-corrected chi connectivity index (χ2v) is 8.85. The first-order valence-corrected chi connectivity index (χ1v) is 12.0. The second-order valence-electron chi connectivity index (χ2n) is 8.00. The van der Waals surface area contributed by atoms with Crippen molar-refractivity contribution in [3.63, 3.8) is 0 Å². The molecule has 1 unspecified atom stereocenters. The first kappa shape index (κ1) is 24.2. The number of anilines is 1. The van der Waals surface area contributed by atoms with Crippen LogP contribution in [-0.4, -0.2) is 18.4 Å². The Balaban J connectivity index is 1.38. The Labute approximate surface area is 213 Å². The lowest BCUT2D eigenvalue weighted by Gasteiger charge is -2.16. The van der Waals surface area contributed by atoms with Gasteiger partial charge in [-0.3, -0.25) is 9.59 Å². The van der Waals surface area contributed by atoms with E-state index in [4.69, 9.17) is 4.74 Å². The Morgan fingerprint density at radius 3 is 2.20 bits per heavy atom. The molecule has 5 nitrogen and oxygen atoms in total. The van der Waals surface area contributed by atoms with Crippen LogP contribution in [0, 0.1) is 0 Å². The van der Waals surface area contributed by atoms with Crippen LogP contribution in [-0.2, 0) is 4.79 Å². The summed E-state index contributed by atoms with van der Waals surface area (Å²) in [6, 6.07) is 32.2. The molecule has 176 valence electrons. The molecule has 0 spiro atoms. The van der Waals surface area contributed by atoms with Crippen molar-refractivity contribution in [2.75, 3.05) is 11.9 Å². The van der Waals surface area contributed by atoms with Gasteiger partial charge < -0.3 is 15.4 Å². The summed E-state index contributed by atoms with van der Waals surface area (Å²) >= 11 is 3.52. The quantitative estimate of drug-likeness (QED) is 0.270. The van der Waals surface area contributed by atoms with Gasteiger partial charge >= 0.3 is 0 Å². The van der Waals surface area contributed by atoms with Gasteiger partial charge in [-0.2, -0.15) is 0 Å². The minimum Gasteiger partial charge on any atom is -0.483 e. The minimum atomic E-state index is -0.361. The summed E-state index contributed by atoms with van der Waals surface area (Å²) in [5.41, 5.74) is 3.95. The normalized spacial score (nSPS) is 11.4. The second kappa shape index (κ2) is 11.5. The van der Waals surface area contributed by atoms with E-state index in [1.54, 1.807) is 24.3 Å². The third kappa shape index (κ3) is 6.37. The molecule has 0 radical (unpaired) electrons. The van der Waals surface area contributed by atoms with Crippen molar-refractivity contribution >= 4 is 33.4 Å². The van der Waals surface area contributed by atoms with E-state index in [-0.39, 0.29) is 24.5 Å². The average Bonchev–Trinajstić information content (AvgIpc) is 2.89. The Morgan fingerprint density at radius 1 is 0.829 bits per heavy atom. The SMILES string of the molecule is CC(NC(=O)c1ccccc1NC(=O)COc1ccc(-c2ccccc2)cc1Br)c1ccccc1. The number of hydrogen-bond donors (Lipinski definition) is 2. The number of ether oxygens (including phenoxy) is 1. The molecule has 4 rings (SSSR count). The molecule has 0 aromatic heterocycles. The molecule has 0 aliphatic carbocycles. The van der Waals surface area contributed by atoms with Gasteiger partial charge in [0.25, 0.3) is 11.8 Å². The van der Waals surface area contributed by atoms with Gasteiger partial charge in [0.05, 0.1) is 21.8 Å². The number of carbonyl (C=O) groups is 2. The number of carbonyl (C=O) groups excluding carboxylic acids is 2. The maximum Gasteiger partial charge on any atom is 0.262 e. The molecule has 0 aliphatic rings. The van der Waals surface area contributed by atoms with Gasteiger partial charge in [-0.15, -0.1) is 0 Å². The van der Waals surface area contributed by atoms with Crippen molar-refractivity contribution < 1.29 is 14.3 Å². The van der Waals surface area contributed by atoms with Gasteiger partial charge in [-0.05, 0) is 63.8 Å². The maximum atomic E-state index is 12.9. The molecule has 0 saturated heterocycles. The number of benzene rings is 4. The monoisotopic (exact) mass is 528 g/mol. The molecule has 4 aromatic rings. The maximum absolute atomic E-state index is 12.9. The van der Waals surface area contributed by atoms with Crippen molar-refractivity contribution in [3.8, 4) is 16.9 Å². The smallest absolute Gasteiger partial charge is 0.262 e. The zero-order chi connectivity index (χ0) is 24.6. The van der Waals surface area contributed by atoms with E-state index in [1.165, 1.54) is 0 Å². The van der Waals surface area contributed by atoms with Gasteiger partial charge in [-0.1, -0.05) is 78.9 Å². The molecule has 4 aromatic carbocycles. The Morgan fingerprint density at radius 2 is 1.49 bits per heavy atom. The number of rotatable bonds is 8. The molecule has 35 heavy (non-hydrogen) atoms. The van der Waals surface area contributed by atoms with Crippen molar-refractivity contribution in [1.29, 1.82) is 0 Å². The third-order valence-corrected chi connectivity index (χ3v) is 6.11. The topological polar surface area (TPSA) is 67.4 Å². The highest BCUT2D eigenvalue weighted by Gasteiger charge is 2.16. The summed E-state index contributed by atoms with van der Waals surface area (Å²) in [4.78, 5) is 25.5. The first-order valence-electron chi connectivity index (χ1n) is 11.2. The predicted octanol–water partition coefficient (Wildman–Crippen LogP) is 6.62. The van der Waals surface area contributed by atoms with Crippen LogP contribution in [0.3, 0.4) is 0 Å². The van der Waals surface area contributed by atoms with Gasteiger partial charge in [-0.25, -0.2) is 0 Å². The molecule has 0 fully saturated rings. The molecule has 0 bridgehead atoms. The summed E-state index contributed by atoms with van der Waals surface area (Å²) in [6.45, 7) is 1.73. The van der Waals surface area contributed by atoms with Crippen molar-refractivity contribution in [1.82, 2.24) is 5.32 Å². The van der Waals surface area contributed by atoms with E-state index in [0.29, 0.717) is 17.0 Å². The molecular weight excluding hydrogens is 504 g/mol. The van der Waals surface area contributed by atoms with Crippen LogP contribution in [0.2, 0.25) is 0 Å². The zero-order valence-electron chi connectivity index (χ0n) is 19.2. The molecule has 1 atom stereocenters. The Kier molecular flexibility index (Phi) is 7.95. The van der Waals surface area contributed by atoms with E-state index in [9.17, 15) is 9.59 Å². The lowest BCUT2D eigenvalue weighted by atomic mass is 10.1. The van der Waals surface area contributed by atoms with Crippen LogP contribution < -0.4 is 15.4 Å². The van der Waals surface area contributed by atoms with Crippen LogP contribution in [0.1, 0.15) is 28.9 Å². The lowest BCUT2D eigenvalue weighted by molar-refractivity contribution is -0.118. The van der Waals surface area contributed by atoms with Crippen molar-refractivity contribution in [2.24, 2.45) is 0 Å². The van der Waals surface area contributed by atoms with Crippen LogP contribution >= 0.6 is 15.9 Å². The summed E-state index contributed by atoms with van der Waals surface area (Å²) in [5, 5.41) is 5.77. The van der Waals surface area contributed by atoms with Gasteiger partial charge in [0.2, 0.25) is 0 Å². The van der Waals surface area contributed by atoms with Crippen molar-refractivity contribution in [3.05, 3.63) is 119 Å². The van der Waals surface area contributed by atoms with E-state index in [0.717, 1.165) is 21.2 Å². The Hall–Kier alpha value is -3.90. The van der Waals surface area contributed by atoms with E-state index in [1.807, 2.05) is 85.8 Å². The molecule has 0 saturated carbocycles. The Bertz CT molecular complexity index is 1310. The van der Waals surface area contributed by atoms with Gasteiger partial charge in [0.1, 0.15) is 5.75 Å². The van der Waals surface area contributed by atoms with E-state index in [2.05, 4.69) is 26.6 Å². The summed E-state index contributed by atoms with van der Waals surface area (Å²) in [6.07, 6.45) is 0. The molecular formula is C29H25BrN2O3.